The quantitative estimate of drug-likeness (QED) is 0.630. The van der Waals surface area contributed by atoms with Gasteiger partial charge in [-0.25, -0.2) is 0 Å². The molecule has 0 spiro atoms. The molecule has 0 aromatic heterocycles. The van der Waals surface area contributed by atoms with Gasteiger partial charge in [0.1, 0.15) is 18.9 Å². The van der Waals surface area contributed by atoms with Crippen molar-refractivity contribution >= 4 is 23.6 Å². The Hall–Kier alpha value is -1.53. The highest BCUT2D eigenvalue weighted by molar-refractivity contribution is 7.98. The smallest absolute Gasteiger partial charge is 0.302 e. The lowest BCUT2D eigenvalue weighted by molar-refractivity contribution is -0.145. The fourth-order valence-electron chi connectivity index (χ4n) is 2.74. The lowest BCUT2D eigenvalue weighted by Gasteiger charge is -2.26. The number of amides is 1. The van der Waals surface area contributed by atoms with Crippen molar-refractivity contribution in [3.8, 4) is 0 Å². The summed E-state index contributed by atoms with van der Waals surface area (Å²) in [7, 11) is 0. The van der Waals surface area contributed by atoms with E-state index in [1.54, 1.807) is 16.7 Å². The second kappa shape index (κ2) is 7.15. The van der Waals surface area contributed by atoms with Gasteiger partial charge in [0.15, 0.2) is 0 Å². The van der Waals surface area contributed by atoms with Gasteiger partial charge in [0.2, 0.25) is 5.91 Å². The van der Waals surface area contributed by atoms with Gasteiger partial charge in [-0.05, 0) is 30.9 Å². The fraction of sp³-hybridized carbons (Fsp3) is 0.500. The van der Waals surface area contributed by atoms with Crippen molar-refractivity contribution in [2.24, 2.45) is 0 Å². The number of nitrogens with zero attached hydrogens (tertiary/aromatic N) is 1. The van der Waals surface area contributed by atoms with E-state index in [1.807, 2.05) is 37.4 Å². The van der Waals surface area contributed by atoms with Crippen LogP contribution >= 0.6 is 11.8 Å². The van der Waals surface area contributed by atoms with Crippen molar-refractivity contribution in [3.63, 3.8) is 0 Å². The van der Waals surface area contributed by atoms with Gasteiger partial charge in [0.05, 0.1) is 6.04 Å². The van der Waals surface area contributed by atoms with E-state index in [0.717, 1.165) is 10.5 Å². The van der Waals surface area contributed by atoms with Crippen LogP contribution in [0.25, 0.3) is 0 Å². The first-order chi connectivity index (χ1) is 10.4. The van der Waals surface area contributed by atoms with Crippen molar-refractivity contribution in [2.45, 2.75) is 44.0 Å². The van der Waals surface area contributed by atoms with E-state index in [1.165, 1.54) is 13.8 Å². The summed E-state index contributed by atoms with van der Waals surface area (Å²) >= 11 is 1.67. The zero-order chi connectivity index (χ0) is 16.3. The summed E-state index contributed by atoms with van der Waals surface area (Å²) in [5.74, 6) is -0.451. The van der Waals surface area contributed by atoms with Crippen LogP contribution < -0.4 is 0 Å². The molecule has 1 amide bonds. The third-order valence-corrected chi connectivity index (χ3v) is 4.45. The molecule has 1 saturated heterocycles. The van der Waals surface area contributed by atoms with Crippen molar-refractivity contribution in [1.82, 2.24) is 4.90 Å². The van der Waals surface area contributed by atoms with Crippen molar-refractivity contribution in [2.75, 3.05) is 12.9 Å². The van der Waals surface area contributed by atoms with Crippen LogP contribution in [0.3, 0.4) is 0 Å². The van der Waals surface area contributed by atoms with E-state index >= 15 is 0 Å². The predicted octanol–water partition coefficient (Wildman–Crippen LogP) is 2.61. The molecule has 0 N–H and O–H groups in total. The third-order valence-electron chi connectivity index (χ3n) is 3.71. The molecule has 5 nitrogen and oxygen atoms in total. The van der Waals surface area contributed by atoms with E-state index in [9.17, 15) is 9.59 Å². The van der Waals surface area contributed by atoms with Crippen molar-refractivity contribution in [1.29, 1.82) is 0 Å². The second-order valence-electron chi connectivity index (χ2n) is 5.23. The minimum absolute atomic E-state index is 0.0899. The Morgan fingerprint density at radius 3 is 2.41 bits per heavy atom. The summed E-state index contributed by atoms with van der Waals surface area (Å²) in [6.45, 7) is 4.83. The first kappa shape index (κ1) is 16.8. The van der Waals surface area contributed by atoms with Crippen LogP contribution in [0, 0.1) is 0 Å². The molecule has 6 heteroatoms. The summed E-state index contributed by atoms with van der Waals surface area (Å²) in [5.41, 5.74) is 0.977. The summed E-state index contributed by atoms with van der Waals surface area (Å²) in [5, 5.41) is 0. The molecule has 1 aromatic rings. The highest BCUT2D eigenvalue weighted by atomic mass is 32.2. The van der Waals surface area contributed by atoms with Gasteiger partial charge < -0.3 is 14.4 Å². The first-order valence-corrected chi connectivity index (χ1v) is 8.38. The van der Waals surface area contributed by atoms with E-state index in [2.05, 4.69) is 0 Å². The lowest BCUT2D eigenvalue weighted by Crippen LogP contribution is -2.42. The minimum atomic E-state index is -0.362. The summed E-state index contributed by atoms with van der Waals surface area (Å²) in [4.78, 5) is 25.8. The summed E-state index contributed by atoms with van der Waals surface area (Å²) < 4.78 is 11.1. The maximum Gasteiger partial charge on any atom is 0.302 e. The van der Waals surface area contributed by atoms with E-state index in [-0.39, 0.29) is 36.9 Å². The van der Waals surface area contributed by atoms with Crippen LogP contribution in [0.2, 0.25) is 0 Å². The third kappa shape index (κ3) is 3.62. The molecule has 3 atom stereocenters. The number of hydrogen-bond acceptors (Lipinski definition) is 5. The Morgan fingerprint density at radius 1 is 1.27 bits per heavy atom. The maximum atomic E-state index is 11.9. The Labute approximate surface area is 135 Å². The minimum Gasteiger partial charge on any atom is -0.464 e. The molecule has 1 aliphatic heterocycles. The molecule has 22 heavy (non-hydrogen) atoms. The molecule has 120 valence electrons. The maximum absolute atomic E-state index is 11.9. The van der Waals surface area contributed by atoms with Crippen LogP contribution in [0.4, 0.5) is 0 Å². The van der Waals surface area contributed by atoms with Crippen LogP contribution in [-0.4, -0.2) is 41.9 Å². The number of thioether (sulfide) groups is 1. The molecule has 0 bridgehead atoms. The van der Waals surface area contributed by atoms with Crippen LogP contribution in [0.5, 0.6) is 0 Å². The van der Waals surface area contributed by atoms with Crippen LogP contribution in [0.15, 0.2) is 29.2 Å². The van der Waals surface area contributed by atoms with Gasteiger partial charge in [-0.2, -0.15) is 0 Å². The molecule has 1 fully saturated rings. The van der Waals surface area contributed by atoms with Gasteiger partial charge in [-0.1, -0.05) is 12.1 Å². The number of esters is 1. The highest BCUT2D eigenvalue weighted by Gasteiger charge is 2.42. The topological polar surface area (TPSA) is 55.8 Å². The summed E-state index contributed by atoms with van der Waals surface area (Å²) in [6, 6.07) is 7.72. The lowest BCUT2D eigenvalue weighted by atomic mass is 10.0. The number of hydrogen-bond donors (Lipinski definition) is 0. The van der Waals surface area contributed by atoms with E-state index in [4.69, 9.17) is 9.47 Å². The van der Waals surface area contributed by atoms with Crippen LogP contribution in [-0.2, 0) is 19.1 Å². The monoisotopic (exact) mass is 323 g/mol. The fourth-order valence-corrected chi connectivity index (χ4v) is 3.15. The molecule has 0 aliphatic carbocycles. The zero-order valence-electron chi connectivity index (χ0n) is 13.2. The molecule has 1 aromatic carbocycles. The average Bonchev–Trinajstić information content (AvgIpc) is 2.82. The Kier molecular flexibility index (Phi) is 5.47. The predicted molar refractivity (Wildman–Crippen MR) is 84.5 cm³/mol. The zero-order valence-corrected chi connectivity index (χ0v) is 14.1. The molecule has 2 rings (SSSR count). The number of carbonyl (C=O) groups excluding carboxylic acids is 2. The highest BCUT2D eigenvalue weighted by Crippen LogP contribution is 2.35. The number of benzene rings is 1. The number of carbonyl (C=O) groups is 2. The van der Waals surface area contributed by atoms with Gasteiger partial charge in [-0.3, -0.25) is 9.59 Å². The largest absolute Gasteiger partial charge is 0.464 e. The van der Waals surface area contributed by atoms with Gasteiger partial charge in [0.25, 0.3) is 0 Å². The standard InChI is InChI=1S/C16H21NO4S/c1-10(18)17-11(2)21-16(15(17)9-20-12(3)19)13-5-7-14(22-4)8-6-13/h5-8,11,15-16H,9H2,1-4H3/t11?,15-,16-/m1/s1. The molecular formula is C16H21NO4S. The first-order valence-electron chi connectivity index (χ1n) is 7.15. The Balaban J connectivity index is 2.25. The van der Waals surface area contributed by atoms with Crippen molar-refractivity contribution in [3.05, 3.63) is 29.8 Å². The molecule has 0 radical (unpaired) electrons. The second-order valence-corrected chi connectivity index (χ2v) is 6.11. The van der Waals surface area contributed by atoms with Gasteiger partial charge >= 0.3 is 5.97 Å². The normalized spacial score (nSPS) is 24.4. The number of ether oxygens (including phenoxy) is 2. The number of rotatable bonds is 4. The van der Waals surface area contributed by atoms with Gasteiger partial charge in [-0.15, -0.1) is 11.8 Å². The van der Waals surface area contributed by atoms with Gasteiger partial charge in [0, 0.05) is 18.7 Å². The molecule has 1 heterocycles. The van der Waals surface area contributed by atoms with Crippen LogP contribution in [0.1, 0.15) is 32.4 Å². The average molecular weight is 323 g/mol. The Bertz CT molecular complexity index is 546. The molecule has 0 saturated carbocycles. The summed E-state index contributed by atoms with van der Waals surface area (Å²) in [6.07, 6.45) is 1.38. The Morgan fingerprint density at radius 2 is 1.91 bits per heavy atom. The molecule has 1 unspecified atom stereocenters. The van der Waals surface area contributed by atoms with E-state index in [0.29, 0.717) is 0 Å². The van der Waals surface area contributed by atoms with E-state index < -0.39 is 0 Å². The molecular weight excluding hydrogens is 302 g/mol. The SMILES string of the molecule is CSc1ccc([C@H]2OC(C)N(C(C)=O)[C@@H]2COC(C)=O)cc1. The molecule has 1 aliphatic rings. The van der Waals surface area contributed by atoms with Crippen molar-refractivity contribution < 1.29 is 19.1 Å².